The van der Waals surface area contributed by atoms with Gasteiger partial charge in [-0.25, -0.2) is 4.98 Å². The summed E-state index contributed by atoms with van der Waals surface area (Å²) in [5.41, 5.74) is 5.60. The molecule has 3 aromatic rings. The van der Waals surface area contributed by atoms with Crippen molar-refractivity contribution in [2.24, 2.45) is 0 Å². The molecule has 4 rings (SSSR count). The molecule has 25 heavy (non-hydrogen) atoms. The number of nitrogens with one attached hydrogen (secondary N) is 2. The number of benzene rings is 1. The largest absolute Gasteiger partial charge is 0.350 e. The number of carbonyl (C=O) groups excluding carboxylic acids is 1. The lowest BCUT2D eigenvalue weighted by Crippen LogP contribution is -2.24. The zero-order valence-corrected chi connectivity index (χ0v) is 14.3. The zero-order chi connectivity index (χ0) is 17.1. The van der Waals surface area contributed by atoms with Gasteiger partial charge in [0, 0.05) is 18.7 Å². The highest BCUT2D eigenvalue weighted by Crippen LogP contribution is 2.21. The molecule has 0 radical (unpaired) electrons. The second kappa shape index (κ2) is 7.09. The van der Waals surface area contributed by atoms with Gasteiger partial charge in [-0.05, 0) is 43.4 Å². The van der Waals surface area contributed by atoms with E-state index < -0.39 is 0 Å². The minimum Gasteiger partial charge on any atom is -0.350 e. The molecule has 1 aromatic carbocycles. The van der Waals surface area contributed by atoms with E-state index in [0.717, 1.165) is 29.6 Å². The predicted octanol–water partition coefficient (Wildman–Crippen LogP) is 2.73. The number of hydrogen-bond acceptors (Lipinski definition) is 3. The Morgan fingerprint density at radius 1 is 1.20 bits per heavy atom. The third kappa shape index (κ3) is 3.43. The first-order valence-corrected chi connectivity index (χ1v) is 9.03. The highest BCUT2D eigenvalue weighted by molar-refractivity contribution is 5.77. The van der Waals surface area contributed by atoms with Crippen molar-refractivity contribution in [3.8, 4) is 0 Å². The van der Waals surface area contributed by atoms with E-state index in [-0.39, 0.29) is 5.91 Å². The number of nitrogens with zero attached hydrogens (tertiary/aromatic N) is 3. The molecule has 0 atom stereocenters. The van der Waals surface area contributed by atoms with Gasteiger partial charge in [-0.15, -0.1) is 0 Å². The van der Waals surface area contributed by atoms with E-state index in [2.05, 4.69) is 20.5 Å². The number of aryl methyl sites for hydroxylation is 2. The molecule has 1 aliphatic rings. The monoisotopic (exact) mass is 337 g/mol. The number of para-hydroxylation sites is 2. The molecular weight excluding hydrogens is 314 g/mol. The molecule has 2 N–H and O–H groups in total. The smallest absolute Gasteiger partial charge is 0.222 e. The first kappa shape index (κ1) is 15.9. The summed E-state index contributed by atoms with van der Waals surface area (Å²) in [7, 11) is 0. The first-order valence-electron chi connectivity index (χ1n) is 9.03. The van der Waals surface area contributed by atoms with Gasteiger partial charge in [0.05, 0.1) is 29.6 Å². The number of rotatable bonds is 5. The summed E-state index contributed by atoms with van der Waals surface area (Å²) < 4.78 is 2.02. The van der Waals surface area contributed by atoms with Gasteiger partial charge in [0.25, 0.3) is 0 Å². The van der Waals surface area contributed by atoms with E-state index in [1.807, 2.05) is 28.8 Å². The van der Waals surface area contributed by atoms with Crippen LogP contribution in [0.1, 0.15) is 42.6 Å². The van der Waals surface area contributed by atoms with E-state index >= 15 is 0 Å². The molecule has 0 saturated carbocycles. The average Bonchev–Trinajstić information content (AvgIpc) is 3.14. The highest BCUT2D eigenvalue weighted by Gasteiger charge is 2.16. The maximum absolute atomic E-state index is 12.2. The topological polar surface area (TPSA) is 75.6 Å². The third-order valence-electron chi connectivity index (χ3n) is 4.95. The Morgan fingerprint density at radius 2 is 2.08 bits per heavy atom. The van der Waals surface area contributed by atoms with Crippen molar-refractivity contribution in [3.63, 3.8) is 0 Å². The molecule has 0 bridgehead atoms. The van der Waals surface area contributed by atoms with E-state index in [1.165, 1.54) is 30.5 Å². The second-order valence-electron chi connectivity index (χ2n) is 6.64. The number of fused-ring (bicyclic) bond motifs is 2. The Balaban J connectivity index is 1.33. The van der Waals surface area contributed by atoms with Crippen molar-refractivity contribution < 1.29 is 4.79 Å². The second-order valence-corrected chi connectivity index (χ2v) is 6.64. The number of carbonyl (C=O) groups is 1. The van der Waals surface area contributed by atoms with Crippen LogP contribution in [0.3, 0.4) is 0 Å². The molecule has 0 unspecified atom stereocenters. The van der Waals surface area contributed by atoms with Crippen LogP contribution in [0.25, 0.3) is 11.0 Å². The van der Waals surface area contributed by atoms with Gasteiger partial charge in [0.2, 0.25) is 5.91 Å². The fourth-order valence-corrected chi connectivity index (χ4v) is 3.55. The molecule has 6 nitrogen and oxygen atoms in total. The van der Waals surface area contributed by atoms with Crippen molar-refractivity contribution >= 4 is 16.9 Å². The zero-order valence-electron chi connectivity index (χ0n) is 14.3. The minimum absolute atomic E-state index is 0.0446. The van der Waals surface area contributed by atoms with Gasteiger partial charge in [0.15, 0.2) is 0 Å². The van der Waals surface area contributed by atoms with Gasteiger partial charge in [-0.1, -0.05) is 18.6 Å². The number of imidazole rings is 1. The molecule has 0 saturated heterocycles. The number of H-pyrrole nitrogens is 1. The Bertz CT molecular complexity index is 879. The van der Waals surface area contributed by atoms with Crippen molar-refractivity contribution in [3.05, 3.63) is 47.5 Å². The molecule has 0 spiro atoms. The molecular formula is C19H23N5O. The number of hydrogen-bond donors (Lipinski definition) is 2. The predicted molar refractivity (Wildman–Crippen MR) is 96.0 cm³/mol. The first-order chi connectivity index (χ1) is 12.3. The van der Waals surface area contributed by atoms with Crippen LogP contribution >= 0.6 is 0 Å². The van der Waals surface area contributed by atoms with E-state index in [9.17, 15) is 4.79 Å². The van der Waals surface area contributed by atoms with E-state index in [0.29, 0.717) is 19.5 Å². The summed E-state index contributed by atoms with van der Waals surface area (Å²) in [6.07, 6.45) is 8.08. The summed E-state index contributed by atoms with van der Waals surface area (Å²) in [6.45, 7) is 1.14. The van der Waals surface area contributed by atoms with Crippen LogP contribution < -0.4 is 5.32 Å². The van der Waals surface area contributed by atoms with Crippen molar-refractivity contribution in [2.75, 3.05) is 0 Å². The number of aromatic nitrogens is 4. The quantitative estimate of drug-likeness (QED) is 0.703. The molecule has 0 fully saturated rings. The molecule has 1 aliphatic carbocycles. The maximum atomic E-state index is 12.2. The third-order valence-corrected chi connectivity index (χ3v) is 4.95. The van der Waals surface area contributed by atoms with E-state index in [1.54, 1.807) is 6.33 Å². The molecule has 6 heteroatoms. The maximum Gasteiger partial charge on any atom is 0.222 e. The fourth-order valence-electron chi connectivity index (χ4n) is 3.55. The van der Waals surface area contributed by atoms with Crippen LogP contribution in [0.15, 0.2) is 30.6 Å². The van der Waals surface area contributed by atoms with Crippen LogP contribution in [-0.4, -0.2) is 25.7 Å². The van der Waals surface area contributed by atoms with Gasteiger partial charge < -0.3 is 9.88 Å². The number of aromatic amines is 1. The summed E-state index contributed by atoms with van der Waals surface area (Å²) >= 11 is 0. The Kier molecular flexibility index (Phi) is 4.50. The molecule has 2 heterocycles. The van der Waals surface area contributed by atoms with Crippen LogP contribution in [0.2, 0.25) is 0 Å². The summed E-state index contributed by atoms with van der Waals surface area (Å²) in [4.78, 5) is 16.6. The van der Waals surface area contributed by atoms with Gasteiger partial charge in [-0.3, -0.25) is 9.89 Å². The van der Waals surface area contributed by atoms with E-state index in [4.69, 9.17) is 0 Å². The Labute approximate surface area is 146 Å². The van der Waals surface area contributed by atoms with Gasteiger partial charge in [-0.2, -0.15) is 5.10 Å². The van der Waals surface area contributed by atoms with Crippen molar-refractivity contribution in [2.45, 2.75) is 51.6 Å². The lowest BCUT2D eigenvalue weighted by atomic mass is 10.1. The SMILES string of the molecule is O=C(CCn1cnc2ccccc21)NCc1n[nH]c2c1CCCCC2. The fraction of sp³-hybridized carbons (Fsp3) is 0.421. The van der Waals surface area contributed by atoms with Crippen LogP contribution in [0.5, 0.6) is 0 Å². The van der Waals surface area contributed by atoms with Gasteiger partial charge in [0.1, 0.15) is 0 Å². The minimum atomic E-state index is 0.0446. The van der Waals surface area contributed by atoms with Gasteiger partial charge >= 0.3 is 0 Å². The average molecular weight is 337 g/mol. The summed E-state index contributed by atoms with van der Waals surface area (Å²) in [5, 5.41) is 10.6. The lowest BCUT2D eigenvalue weighted by Gasteiger charge is -2.07. The standard InChI is InChI=1S/C19H23N5O/c25-19(10-11-24-13-21-16-8-4-5-9-18(16)24)20-12-17-14-6-2-1-3-7-15(14)22-23-17/h4-5,8-9,13H,1-3,6-7,10-12H2,(H,20,25)(H,22,23). The summed E-state index contributed by atoms with van der Waals surface area (Å²) in [6, 6.07) is 7.97. The molecule has 130 valence electrons. The van der Waals surface area contributed by atoms with Crippen molar-refractivity contribution in [1.82, 2.24) is 25.1 Å². The normalized spacial score (nSPS) is 14.2. The lowest BCUT2D eigenvalue weighted by molar-refractivity contribution is -0.121. The highest BCUT2D eigenvalue weighted by atomic mass is 16.1. The Hall–Kier alpha value is -2.63. The molecule has 2 aromatic heterocycles. The van der Waals surface area contributed by atoms with Crippen LogP contribution in [-0.2, 0) is 30.7 Å². The Morgan fingerprint density at radius 3 is 3.04 bits per heavy atom. The van der Waals surface area contributed by atoms with Crippen LogP contribution in [0, 0.1) is 0 Å². The van der Waals surface area contributed by atoms with Crippen LogP contribution in [0.4, 0.5) is 0 Å². The van der Waals surface area contributed by atoms with Crippen molar-refractivity contribution in [1.29, 1.82) is 0 Å². The number of amides is 1. The summed E-state index contributed by atoms with van der Waals surface area (Å²) in [5.74, 6) is 0.0446. The molecule has 1 amide bonds. The molecule has 0 aliphatic heterocycles.